The Morgan fingerprint density at radius 1 is 1.18 bits per heavy atom. The van der Waals surface area contributed by atoms with Crippen LogP contribution in [0.2, 0.25) is 0 Å². The fourth-order valence-electron chi connectivity index (χ4n) is 1.85. The van der Waals surface area contributed by atoms with Gasteiger partial charge in [-0.2, -0.15) is 13.2 Å². The van der Waals surface area contributed by atoms with Crippen molar-refractivity contribution in [1.29, 1.82) is 0 Å². The molecule has 1 atom stereocenters. The molecule has 0 aliphatic heterocycles. The highest BCUT2D eigenvalue weighted by Crippen LogP contribution is 2.30. The number of hydrogen-bond acceptors (Lipinski definition) is 4. The number of alkyl halides is 3. The molecule has 4 nitrogen and oxygen atoms in total. The molecule has 7 heteroatoms. The molecule has 1 heterocycles. The fraction of sp³-hybridized carbons (Fsp3) is 0.333. The smallest absolute Gasteiger partial charge is 0.392 e. The zero-order chi connectivity index (χ0) is 16.2. The first-order valence-corrected chi connectivity index (χ1v) is 6.74. The lowest BCUT2D eigenvalue weighted by Crippen LogP contribution is -2.24. The van der Waals surface area contributed by atoms with Crippen molar-refractivity contribution in [2.45, 2.75) is 25.7 Å². The molecule has 0 fully saturated rings. The maximum absolute atomic E-state index is 12.5. The summed E-state index contributed by atoms with van der Waals surface area (Å²) in [6.45, 7) is 2.54. The Balaban J connectivity index is 2.12. The van der Waals surface area contributed by atoms with Crippen molar-refractivity contribution in [3.8, 4) is 11.4 Å². The summed E-state index contributed by atoms with van der Waals surface area (Å²) in [7, 11) is 0. The first-order chi connectivity index (χ1) is 10.4. The molecule has 0 unspecified atom stereocenters. The van der Waals surface area contributed by atoms with E-state index in [1.165, 1.54) is 12.1 Å². The van der Waals surface area contributed by atoms with E-state index in [2.05, 4.69) is 15.3 Å². The van der Waals surface area contributed by atoms with Gasteiger partial charge in [-0.3, -0.25) is 0 Å². The van der Waals surface area contributed by atoms with Gasteiger partial charge in [0, 0.05) is 24.8 Å². The van der Waals surface area contributed by atoms with Crippen LogP contribution in [-0.2, 0) is 12.7 Å². The number of aromatic nitrogens is 2. The molecular weight excluding hydrogens is 295 g/mol. The van der Waals surface area contributed by atoms with Crippen LogP contribution in [0.1, 0.15) is 18.2 Å². The molecule has 0 saturated carbocycles. The van der Waals surface area contributed by atoms with E-state index in [1.54, 1.807) is 19.2 Å². The van der Waals surface area contributed by atoms with E-state index in [-0.39, 0.29) is 0 Å². The quantitative estimate of drug-likeness (QED) is 0.891. The lowest BCUT2D eigenvalue weighted by molar-refractivity contribution is -0.137. The lowest BCUT2D eigenvalue weighted by Gasteiger charge is -2.09. The molecule has 0 aliphatic carbocycles. The van der Waals surface area contributed by atoms with Gasteiger partial charge in [0.1, 0.15) is 0 Å². The van der Waals surface area contributed by atoms with Crippen LogP contribution in [0.4, 0.5) is 13.2 Å². The summed E-state index contributed by atoms with van der Waals surface area (Å²) >= 11 is 0. The molecule has 0 radical (unpaired) electrons. The number of aliphatic hydroxyl groups is 1. The van der Waals surface area contributed by atoms with Gasteiger partial charge in [0.15, 0.2) is 5.82 Å². The molecule has 2 aromatic rings. The second-order valence-electron chi connectivity index (χ2n) is 4.93. The van der Waals surface area contributed by atoms with Crippen molar-refractivity contribution in [2.24, 2.45) is 0 Å². The second kappa shape index (κ2) is 6.85. The van der Waals surface area contributed by atoms with Crippen molar-refractivity contribution >= 4 is 0 Å². The minimum absolute atomic E-state index is 0.366. The highest BCUT2D eigenvalue weighted by molar-refractivity contribution is 5.55. The SMILES string of the molecule is C[C@@H](O)CNCc1ccnc(-c2ccc(C(F)(F)F)cc2)n1. The maximum atomic E-state index is 12.5. The van der Waals surface area contributed by atoms with Gasteiger partial charge in [0.05, 0.1) is 17.4 Å². The third-order valence-electron chi connectivity index (χ3n) is 2.93. The van der Waals surface area contributed by atoms with Crippen LogP contribution in [0, 0.1) is 0 Å². The van der Waals surface area contributed by atoms with Gasteiger partial charge in [-0.05, 0) is 25.1 Å². The van der Waals surface area contributed by atoms with Gasteiger partial charge in [0.2, 0.25) is 0 Å². The average Bonchev–Trinajstić information content (AvgIpc) is 2.46. The van der Waals surface area contributed by atoms with Crippen molar-refractivity contribution in [3.05, 3.63) is 47.8 Å². The van der Waals surface area contributed by atoms with Crippen molar-refractivity contribution in [3.63, 3.8) is 0 Å². The van der Waals surface area contributed by atoms with Crippen LogP contribution in [0.3, 0.4) is 0 Å². The Hall–Kier alpha value is -1.99. The summed E-state index contributed by atoms with van der Waals surface area (Å²) in [5.41, 5.74) is 0.516. The second-order valence-corrected chi connectivity index (χ2v) is 4.93. The Morgan fingerprint density at radius 3 is 2.45 bits per heavy atom. The molecule has 2 N–H and O–H groups in total. The molecule has 0 spiro atoms. The van der Waals surface area contributed by atoms with Gasteiger partial charge >= 0.3 is 6.18 Å². The van der Waals surface area contributed by atoms with E-state index in [0.29, 0.717) is 30.2 Å². The van der Waals surface area contributed by atoms with Gasteiger partial charge < -0.3 is 10.4 Å². The summed E-state index contributed by atoms with van der Waals surface area (Å²) in [4.78, 5) is 8.37. The average molecular weight is 311 g/mol. The Morgan fingerprint density at radius 2 is 1.86 bits per heavy atom. The Kier molecular flexibility index (Phi) is 5.10. The van der Waals surface area contributed by atoms with Crippen LogP contribution in [0.25, 0.3) is 11.4 Å². The molecule has 0 saturated heterocycles. The number of halogens is 3. The van der Waals surface area contributed by atoms with Gasteiger partial charge in [-0.1, -0.05) is 12.1 Å². The first-order valence-electron chi connectivity index (χ1n) is 6.74. The highest BCUT2D eigenvalue weighted by Gasteiger charge is 2.30. The van der Waals surface area contributed by atoms with Crippen molar-refractivity contribution in [1.82, 2.24) is 15.3 Å². The summed E-state index contributed by atoms with van der Waals surface area (Å²) < 4.78 is 37.6. The van der Waals surface area contributed by atoms with E-state index < -0.39 is 17.8 Å². The standard InChI is InChI=1S/C15H16F3N3O/c1-10(22)8-19-9-13-6-7-20-14(21-13)11-2-4-12(5-3-11)15(16,17)18/h2-7,10,19,22H,8-9H2,1H3/t10-/m1/s1. The van der Waals surface area contributed by atoms with Gasteiger partial charge in [-0.25, -0.2) is 9.97 Å². The third-order valence-corrected chi connectivity index (χ3v) is 2.93. The number of nitrogens with one attached hydrogen (secondary N) is 1. The summed E-state index contributed by atoms with van der Waals surface area (Å²) in [6.07, 6.45) is -3.26. The minimum Gasteiger partial charge on any atom is -0.392 e. The summed E-state index contributed by atoms with van der Waals surface area (Å²) in [5, 5.41) is 12.2. The number of aliphatic hydroxyl groups excluding tert-OH is 1. The maximum Gasteiger partial charge on any atom is 0.416 e. The van der Waals surface area contributed by atoms with E-state index in [0.717, 1.165) is 12.1 Å². The minimum atomic E-state index is -4.36. The fourth-order valence-corrected chi connectivity index (χ4v) is 1.85. The van der Waals surface area contributed by atoms with E-state index in [4.69, 9.17) is 5.11 Å². The number of benzene rings is 1. The third kappa shape index (κ3) is 4.51. The molecule has 1 aromatic carbocycles. The van der Waals surface area contributed by atoms with Crippen molar-refractivity contribution < 1.29 is 18.3 Å². The Bertz CT molecular complexity index is 612. The number of hydrogen-bond donors (Lipinski definition) is 2. The van der Waals surface area contributed by atoms with Crippen LogP contribution in [0.5, 0.6) is 0 Å². The van der Waals surface area contributed by atoms with Gasteiger partial charge in [0.25, 0.3) is 0 Å². The molecule has 0 aliphatic rings. The van der Waals surface area contributed by atoms with Crippen molar-refractivity contribution in [2.75, 3.05) is 6.54 Å². The predicted octanol–water partition coefficient (Wildman–Crippen LogP) is 2.63. The molecule has 118 valence electrons. The monoisotopic (exact) mass is 311 g/mol. The molecule has 22 heavy (non-hydrogen) atoms. The highest BCUT2D eigenvalue weighted by atomic mass is 19.4. The molecular formula is C15H16F3N3O. The molecule has 1 aromatic heterocycles. The van der Waals surface area contributed by atoms with Crippen LogP contribution in [0.15, 0.2) is 36.5 Å². The first kappa shape index (κ1) is 16.4. The van der Waals surface area contributed by atoms with E-state index in [1.807, 2.05) is 0 Å². The predicted molar refractivity (Wildman–Crippen MR) is 75.9 cm³/mol. The molecule has 0 amide bonds. The molecule has 0 bridgehead atoms. The lowest BCUT2D eigenvalue weighted by atomic mass is 10.1. The van der Waals surface area contributed by atoms with Crippen LogP contribution < -0.4 is 5.32 Å². The summed E-state index contributed by atoms with van der Waals surface area (Å²) in [6, 6.07) is 6.44. The van der Waals surface area contributed by atoms with Gasteiger partial charge in [-0.15, -0.1) is 0 Å². The number of rotatable bonds is 5. The zero-order valence-electron chi connectivity index (χ0n) is 11.9. The van der Waals surface area contributed by atoms with E-state index in [9.17, 15) is 13.2 Å². The molecule has 2 rings (SSSR count). The normalized spacial score (nSPS) is 13.1. The zero-order valence-corrected chi connectivity index (χ0v) is 11.9. The van der Waals surface area contributed by atoms with Crippen LogP contribution in [-0.4, -0.2) is 27.7 Å². The topological polar surface area (TPSA) is 58.0 Å². The van der Waals surface area contributed by atoms with Crippen LogP contribution >= 0.6 is 0 Å². The summed E-state index contributed by atoms with van der Waals surface area (Å²) in [5.74, 6) is 0.366. The van der Waals surface area contributed by atoms with E-state index >= 15 is 0 Å². The Labute approximate surface area is 126 Å². The largest absolute Gasteiger partial charge is 0.416 e. The number of nitrogens with zero attached hydrogens (tertiary/aromatic N) is 2.